The lowest BCUT2D eigenvalue weighted by molar-refractivity contribution is -0.130. The van der Waals surface area contributed by atoms with Gasteiger partial charge in [0, 0.05) is 18.4 Å². The summed E-state index contributed by atoms with van der Waals surface area (Å²) in [5.41, 5.74) is 6.54. The van der Waals surface area contributed by atoms with E-state index >= 15 is 0 Å². The Hall–Kier alpha value is -1.36. The summed E-state index contributed by atoms with van der Waals surface area (Å²) in [5, 5.41) is 0. The average Bonchev–Trinajstić information content (AvgIpc) is 2.95. The van der Waals surface area contributed by atoms with Gasteiger partial charge in [-0.15, -0.1) is 0 Å². The summed E-state index contributed by atoms with van der Waals surface area (Å²) in [7, 11) is 0. The van der Waals surface area contributed by atoms with Gasteiger partial charge >= 0.3 is 0 Å². The molecule has 94 valence electrons. The highest BCUT2D eigenvalue weighted by Crippen LogP contribution is 2.30. The molecule has 3 N–H and O–H groups in total. The Balaban J connectivity index is 2.17. The number of imidazole rings is 1. The maximum Gasteiger partial charge on any atom is 0.236 e. The summed E-state index contributed by atoms with van der Waals surface area (Å²) in [6.45, 7) is 5.11. The van der Waals surface area contributed by atoms with E-state index in [-0.39, 0.29) is 18.5 Å². The second kappa shape index (κ2) is 4.87. The molecule has 1 atom stereocenters. The fourth-order valence-corrected chi connectivity index (χ4v) is 2.28. The molecule has 1 saturated heterocycles. The molecule has 17 heavy (non-hydrogen) atoms. The summed E-state index contributed by atoms with van der Waals surface area (Å²) in [6.07, 6.45) is 3.86. The molecule has 0 bridgehead atoms. The average molecular weight is 236 g/mol. The predicted molar refractivity (Wildman–Crippen MR) is 65.4 cm³/mol. The normalized spacial score (nSPS) is 20.2. The van der Waals surface area contributed by atoms with Crippen molar-refractivity contribution in [2.45, 2.75) is 38.6 Å². The van der Waals surface area contributed by atoms with Crippen LogP contribution < -0.4 is 5.73 Å². The number of nitrogens with zero attached hydrogens (tertiary/aromatic N) is 2. The molecule has 0 radical (unpaired) electrons. The van der Waals surface area contributed by atoms with Crippen LogP contribution in [-0.4, -0.2) is 33.9 Å². The predicted octanol–water partition coefficient (Wildman–Crippen LogP) is 1.16. The van der Waals surface area contributed by atoms with Gasteiger partial charge in [-0.25, -0.2) is 4.98 Å². The Labute approximate surface area is 101 Å². The summed E-state index contributed by atoms with van der Waals surface area (Å²) in [4.78, 5) is 21.2. The molecule has 1 aliphatic heterocycles. The van der Waals surface area contributed by atoms with E-state index in [1.54, 1.807) is 0 Å². The van der Waals surface area contributed by atoms with E-state index in [4.69, 9.17) is 5.73 Å². The van der Waals surface area contributed by atoms with Gasteiger partial charge in [-0.1, -0.05) is 13.8 Å². The second-order valence-corrected chi connectivity index (χ2v) is 4.83. The molecule has 1 unspecified atom stereocenters. The van der Waals surface area contributed by atoms with Crippen molar-refractivity contribution < 1.29 is 4.79 Å². The minimum absolute atomic E-state index is 0.00926. The molecule has 1 fully saturated rings. The smallest absolute Gasteiger partial charge is 0.236 e. The molecule has 1 aromatic heterocycles. The van der Waals surface area contributed by atoms with Gasteiger partial charge in [0.2, 0.25) is 5.91 Å². The van der Waals surface area contributed by atoms with Crippen molar-refractivity contribution >= 4 is 5.91 Å². The number of nitrogens with two attached hydrogens (primary N) is 1. The fourth-order valence-electron chi connectivity index (χ4n) is 2.28. The lowest BCUT2D eigenvalue weighted by Gasteiger charge is -2.22. The molecule has 1 aliphatic rings. The van der Waals surface area contributed by atoms with Crippen molar-refractivity contribution in [2.24, 2.45) is 5.73 Å². The quantitative estimate of drug-likeness (QED) is 0.826. The van der Waals surface area contributed by atoms with Crippen molar-refractivity contribution in [1.82, 2.24) is 14.9 Å². The number of aromatic amines is 1. The number of carbonyl (C=O) groups excluding carboxylic acids is 1. The first-order chi connectivity index (χ1) is 8.13. The molecular weight excluding hydrogens is 216 g/mol. The Morgan fingerprint density at radius 2 is 2.47 bits per heavy atom. The maximum absolute atomic E-state index is 11.7. The van der Waals surface area contributed by atoms with E-state index in [1.807, 2.05) is 11.1 Å². The Morgan fingerprint density at radius 1 is 1.71 bits per heavy atom. The molecule has 1 aromatic rings. The third-order valence-corrected chi connectivity index (χ3v) is 3.30. The molecule has 5 heteroatoms. The van der Waals surface area contributed by atoms with Crippen molar-refractivity contribution in [2.75, 3.05) is 13.1 Å². The van der Waals surface area contributed by atoms with Crippen LogP contribution in [0.5, 0.6) is 0 Å². The maximum atomic E-state index is 11.7. The van der Waals surface area contributed by atoms with Gasteiger partial charge in [0.1, 0.15) is 5.82 Å². The van der Waals surface area contributed by atoms with Gasteiger partial charge in [-0.05, 0) is 18.8 Å². The zero-order valence-corrected chi connectivity index (χ0v) is 10.4. The van der Waals surface area contributed by atoms with Crippen LogP contribution in [0.25, 0.3) is 0 Å². The van der Waals surface area contributed by atoms with Crippen LogP contribution in [0.2, 0.25) is 0 Å². The summed E-state index contributed by atoms with van der Waals surface area (Å²) in [5.74, 6) is 1.33. The zero-order chi connectivity index (χ0) is 12.4. The molecule has 2 rings (SSSR count). The number of hydrogen-bond acceptors (Lipinski definition) is 3. The lowest BCUT2D eigenvalue weighted by Crippen LogP contribution is -2.35. The second-order valence-electron chi connectivity index (χ2n) is 4.83. The largest absolute Gasteiger partial charge is 0.344 e. The summed E-state index contributed by atoms with van der Waals surface area (Å²) < 4.78 is 0. The van der Waals surface area contributed by atoms with E-state index < -0.39 is 0 Å². The molecule has 5 nitrogen and oxygen atoms in total. The van der Waals surface area contributed by atoms with Crippen LogP contribution >= 0.6 is 0 Å². The van der Waals surface area contributed by atoms with Crippen LogP contribution in [0.4, 0.5) is 0 Å². The standard InChI is InChI=1S/C12H20N4O/c1-8(2)9-7-14-12(15-9)10-4-3-5-16(10)11(17)6-13/h7-8,10H,3-6,13H2,1-2H3,(H,14,15). The Kier molecular flexibility index (Phi) is 3.47. The van der Waals surface area contributed by atoms with Crippen molar-refractivity contribution in [3.05, 3.63) is 17.7 Å². The van der Waals surface area contributed by atoms with Gasteiger partial charge < -0.3 is 15.6 Å². The Morgan fingerprint density at radius 3 is 3.06 bits per heavy atom. The number of amides is 1. The van der Waals surface area contributed by atoms with E-state index in [0.29, 0.717) is 5.92 Å². The van der Waals surface area contributed by atoms with Crippen molar-refractivity contribution in [3.8, 4) is 0 Å². The molecule has 0 aliphatic carbocycles. The van der Waals surface area contributed by atoms with Gasteiger partial charge in [-0.3, -0.25) is 4.79 Å². The first-order valence-electron chi connectivity index (χ1n) is 6.17. The Bertz CT molecular complexity index is 399. The fraction of sp³-hybridized carbons (Fsp3) is 0.667. The number of likely N-dealkylation sites (tertiary alicyclic amines) is 1. The van der Waals surface area contributed by atoms with Crippen LogP contribution in [0, 0.1) is 0 Å². The highest BCUT2D eigenvalue weighted by atomic mass is 16.2. The lowest BCUT2D eigenvalue weighted by atomic mass is 10.1. The van der Waals surface area contributed by atoms with Gasteiger partial charge in [0.05, 0.1) is 12.6 Å². The molecule has 0 spiro atoms. The van der Waals surface area contributed by atoms with E-state index in [2.05, 4.69) is 23.8 Å². The molecule has 0 aromatic carbocycles. The molecule has 0 saturated carbocycles. The summed E-state index contributed by atoms with van der Waals surface area (Å²) >= 11 is 0. The SMILES string of the molecule is CC(C)c1cnc(C2CCCN2C(=O)CN)[nH]1. The first kappa shape index (κ1) is 12.1. The van der Waals surface area contributed by atoms with E-state index in [9.17, 15) is 4.79 Å². The van der Waals surface area contributed by atoms with Gasteiger partial charge in [0.15, 0.2) is 0 Å². The first-order valence-corrected chi connectivity index (χ1v) is 6.17. The number of nitrogens with one attached hydrogen (secondary N) is 1. The van der Waals surface area contributed by atoms with Crippen LogP contribution in [0.3, 0.4) is 0 Å². The monoisotopic (exact) mass is 236 g/mol. The number of rotatable bonds is 3. The highest BCUT2D eigenvalue weighted by molar-refractivity contribution is 5.78. The van der Waals surface area contributed by atoms with E-state index in [0.717, 1.165) is 30.9 Å². The number of hydrogen-bond donors (Lipinski definition) is 2. The van der Waals surface area contributed by atoms with Crippen molar-refractivity contribution in [3.63, 3.8) is 0 Å². The minimum Gasteiger partial charge on any atom is -0.344 e. The minimum atomic E-state index is 0.00926. The van der Waals surface area contributed by atoms with Gasteiger partial charge in [0.25, 0.3) is 0 Å². The van der Waals surface area contributed by atoms with E-state index in [1.165, 1.54) is 0 Å². The third-order valence-electron chi connectivity index (χ3n) is 3.30. The molecule has 1 amide bonds. The zero-order valence-electron chi connectivity index (χ0n) is 10.4. The molecular formula is C12H20N4O. The third kappa shape index (κ3) is 2.34. The molecule has 2 heterocycles. The topological polar surface area (TPSA) is 75.0 Å². The highest BCUT2D eigenvalue weighted by Gasteiger charge is 2.31. The van der Waals surface area contributed by atoms with Crippen molar-refractivity contribution in [1.29, 1.82) is 0 Å². The van der Waals surface area contributed by atoms with Crippen LogP contribution in [-0.2, 0) is 4.79 Å². The number of aromatic nitrogens is 2. The number of H-pyrrole nitrogens is 1. The van der Waals surface area contributed by atoms with Gasteiger partial charge in [-0.2, -0.15) is 0 Å². The van der Waals surface area contributed by atoms with Crippen LogP contribution in [0.1, 0.15) is 50.2 Å². The number of carbonyl (C=O) groups is 1. The van der Waals surface area contributed by atoms with Crippen LogP contribution in [0.15, 0.2) is 6.20 Å². The summed E-state index contributed by atoms with van der Waals surface area (Å²) in [6, 6.07) is 0.0820.